The van der Waals surface area contributed by atoms with E-state index in [1.54, 1.807) is 0 Å². The van der Waals surface area contributed by atoms with E-state index in [2.05, 4.69) is 45.7 Å². The number of hydrogen-bond donors (Lipinski definition) is 5. The number of aliphatic hydroxyl groups is 1. The zero-order chi connectivity index (χ0) is 29.4. The Labute approximate surface area is 252 Å². The van der Waals surface area contributed by atoms with Crippen LogP contribution in [0.4, 0.5) is 0 Å². The van der Waals surface area contributed by atoms with Gasteiger partial charge < -0.3 is 35.8 Å². The van der Waals surface area contributed by atoms with Crippen molar-refractivity contribution in [1.82, 2.24) is 20.9 Å². The largest absolute Gasteiger partial charge is 0.508 e. The highest BCUT2D eigenvalue weighted by Crippen LogP contribution is 2.64. The number of esters is 1. The van der Waals surface area contributed by atoms with Crippen molar-refractivity contribution in [3.05, 3.63) is 29.3 Å². The maximum atomic E-state index is 12.6. The number of hydrogen-bond acceptors (Lipinski definition) is 8. The van der Waals surface area contributed by atoms with Gasteiger partial charge in [-0.1, -0.05) is 24.8 Å². The molecule has 0 bridgehead atoms. The van der Waals surface area contributed by atoms with E-state index in [1.165, 1.54) is 11.1 Å². The van der Waals surface area contributed by atoms with Crippen molar-refractivity contribution in [3.8, 4) is 17.6 Å². The average Bonchev–Trinajstić information content (AvgIpc) is 3.25. The average molecular weight is 581 g/mol. The van der Waals surface area contributed by atoms with Crippen molar-refractivity contribution in [2.45, 2.75) is 76.2 Å². The molecule has 1 aliphatic heterocycles. The summed E-state index contributed by atoms with van der Waals surface area (Å²) in [6.07, 6.45) is 8.23. The Kier molecular flexibility index (Phi) is 10.8. The number of nitrogens with zero attached hydrogens (tertiary/aromatic N) is 1. The standard InChI is InChI=1S/C34H52N4O4/c1-33-13-9-29-28-8-6-27(39)25-26(28)5-7-30(29)31(33)10-14-34(33,41)12-2-24-42-32(40)11-22-38-21-4-17-36-19-18-35-15-3-16-37-20-23-38/h6,8,25,29-31,35-37,39,41H,3-5,7,9-11,13-24H2,1H3/t29-,30-,31+,33+,34+/m1/s1. The van der Waals surface area contributed by atoms with E-state index in [0.717, 1.165) is 97.3 Å². The molecule has 1 aromatic rings. The predicted octanol–water partition coefficient (Wildman–Crippen LogP) is 2.78. The first kappa shape index (κ1) is 31.3. The molecular weight excluding hydrogens is 528 g/mol. The zero-order valence-electron chi connectivity index (χ0n) is 25.6. The van der Waals surface area contributed by atoms with Crippen LogP contribution in [0.3, 0.4) is 0 Å². The van der Waals surface area contributed by atoms with E-state index in [9.17, 15) is 15.0 Å². The molecule has 5 rings (SSSR count). The van der Waals surface area contributed by atoms with Gasteiger partial charge in [-0.05, 0) is 119 Å². The number of aryl methyl sites for hydroxylation is 1. The number of phenolic OH excluding ortho intramolecular Hbond substituents is 1. The molecular formula is C34H52N4O4. The molecule has 4 aliphatic rings. The van der Waals surface area contributed by atoms with Crippen LogP contribution in [0, 0.1) is 29.1 Å². The van der Waals surface area contributed by atoms with Crippen LogP contribution in [0.15, 0.2) is 18.2 Å². The van der Waals surface area contributed by atoms with Crippen molar-refractivity contribution >= 4 is 5.97 Å². The van der Waals surface area contributed by atoms with Gasteiger partial charge in [0.15, 0.2) is 6.61 Å². The smallest absolute Gasteiger partial charge is 0.308 e. The summed E-state index contributed by atoms with van der Waals surface area (Å²) in [4.78, 5) is 14.9. The predicted molar refractivity (Wildman–Crippen MR) is 165 cm³/mol. The van der Waals surface area contributed by atoms with Crippen LogP contribution in [0.1, 0.15) is 75.3 Å². The van der Waals surface area contributed by atoms with Crippen LogP contribution >= 0.6 is 0 Å². The molecule has 0 spiro atoms. The number of rotatable bonds is 4. The quantitative estimate of drug-likeness (QED) is 0.274. The lowest BCUT2D eigenvalue weighted by Crippen LogP contribution is -2.50. The van der Waals surface area contributed by atoms with Crippen molar-refractivity contribution in [2.24, 2.45) is 17.3 Å². The van der Waals surface area contributed by atoms with Gasteiger partial charge in [-0.15, -0.1) is 0 Å². The second-order valence-electron chi connectivity index (χ2n) is 13.2. The molecule has 1 aromatic carbocycles. The molecule has 0 amide bonds. The molecule has 5 atom stereocenters. The Morgan fingerprint density at radius 1 is 1.02 bits per heavy atom. The molecule has 2 saturated carbocycles. The number of aromatic hydroxyl groups is 1. The molecule has 3 fully saturated rings. The lowest BCUT2D eigenvalue weighted by atomic mass is 9.53. The van der Waals surface area contributed by atoms with Gasteiger partial charge >= 0.3 is 5.97 Å². The SMILES string of the molecule is C[C@]12CC[C@@H]3c4ccc(O)cc4CC[C@H]3[C@@H]1CC[C@@]2(O)C#CCOC(=O)CCN1CCCNCCNCCCNCC1. The highest BCUT2D eigenvalue weighted by Gasteiger charge is 2.61. The summed E-state index contributed by atoms with van der Waals surface area (Å²) in [5.41, 5.74) is 1.38. The number of phenols is 1. The second kappa shape index (κ2) is 14.5. The first-order valence-corrected chi connectivity index (χ1v) is 16.4. The molecule has 0 unspecified atom stereocenters. The number of ether oxygens (including phenoxy) is 1. The van der Waals surface area contributed by atoms with E-state index >= 15 is 0 Å². The van der Waals surface area contributed by atoms with Crippen molar-refractivity contribution < 1.29 is 19.7 Å². The topological polar surface area (TPSA) is 106 Å². The Bertz CT molecular complexity index is 1100. The summed E-state index contributed by atoms with van der Waals surface area (Å²) in [5.74, 6) is 7.82. The molecule has 0 radical (unpaired) electrons. The van der Waals surface area contributed by atoms with Crippen LogP contribution in [-0.4, -0.2) is 92.2 Å². The van der Waals surface area contributed by atoms with Crippen LogP contribution in [0.25, 0.3) is 0 Å². The normalized spacial score (nSPS) is 32.8. The van der Waals surface area contributed by atoms with Crippen molar-refractivity contribution in [1.29, 1.82) is 0 Å². The third-order valence-electron chi connectivity index (χ3n) is 10.7. The van der Waals surface area contributed by atoms with Gasteiger partial charge in [0.2, 0.25) is 0 Å². The molecule has 1 heterocycles. The fourth-order valence-corrected chi connectivity index (χ4v) is 8.30. The van der Waals surface area contributed by atoms with E-state index in [4.69, 9.17) is 4.74 Å². The van der Waals surface area contributed by atoms with Gasteiger partial charge in [0.1, 0.15) is 11.4 Å². The maximum Gasteiger partial charge on any atom is 0.308 e. The Hall–Kier alpha value is -2.15. The minimum absolute atomic E-state index is 0.0321. The van der Waals surface area contributed by atoms with Crippen LogP contribution in [-0.2, 0) is 16.0 Å². The van der Waals surface area contributed by atoms with Gasteiger partial charge in [-0.3, -0.25) is 4.79 Å². The van der Waals surface area contributed by atoms with E-state index in [-0.39, 0.29) is 18.0 Å². The summed E-state index contributed by atoms with van der Waals surface area (Å²) < 4.78 is 5.50. The third-order valence-corrected chi connectivity index (χ3v) is 10.7. The summed E-state index contributed by atoms with van der Waals surface area (Å²) in [6.45, 7) is 10.7. The number of carbonyl (C=O) groups is 1. The molecule has 5 N–H and O–H groups in total. The Balaban J connectivity index is 1.09. The fourth-order valence-electron chi connectivity index (χ4n) is 8.30. The molecule has 1 saturated heterocycles. The van der Waals surface area contributed by atoms with Crippen molar-refractivity contribution in [3.63, 3.8) is 0 Å². The van der Waals surface area contributed by atoms with E-state index in [0.29, 0.717) is 42.9 Å². The van der Waals surface area contributed by atoms with Gasteiger partial charge in [-0.25, -0.2) is 0 Å². The lowest BCUT2D eigenvalue weighted by Gasteiger charge is -2.52. The number of fused-ring (bicyclic) bond motifs is 5. The molecule has 8 nitrogen and oxygen atoms in total. The highest BCUT2D eigenvalue weighted by molar-refractivity contribution is 5.69. The molecule has 42 heavy (non-hydrogen) atoms. The van der Waals surface area contributed by atoms with Crippen LogP contribution in [0.5, 0.6) is 5.75 Å². The van der Waals surface area contributed by atoms with E-state index < -0.39 is 5.60 Å². The summed E-state index contributed by atoms with van der Waals surface area (Å²) >= 11 is 0. The van der Waals surface area contributed by atoms with E-state index in [1.807, 2.05) is 12.1 Å². The van der Waals surface area contributed by atoms with Gasteiger partial charge in [-0.2, -0.15) is 0 Å². The summed E-state index contributed by atoms with van der Waals surface area (Å²) in [5, 5.41) is 32.2. The Morgan fingerprint density at radius 3 is 2.64 bits per heavy atom. The number of carbonyl (C=O) groups excluding carboxylic acids is 1. The minimum Gasteiger partial charge on any atom is -0.508 e. The van der Waals surface area contributed by atoms with Crippen molar-refractivity contribution in [2.75, 3.05) is 65.5 Å². The maximum absolute atomic E-state index is 12.6. The third kappa shape index (κ3) is 7.31. The molecule has 3 aliphatic carbocycles. The van der Waals surface area contributed by atoms with Gasteiger partial charge in [0.25, 0.3) is 0 Å². The lowest BCUT2D eigenvalue weighted by molar-refractivity contribution is -0.142. The molecule has 0 aromatic heterocycles. The zero-order valence-corrected chi connectivity index (χ0v) is 25.6. The Morgan fingerprint density at radius 2 is 1.81 bits per heavy atom. The second-order valence-corrected chi connectivity index (χ2v) is 13.2. The summed E-state index contributed by atoms with van der Waals surface area (Å²) in [7, 11) is 0. The number of nitrogens with one attached hydrogen (secondary N) is 3. The van der Waals surface area contributed by atoms with Crippen LogP contribution < -0.4 is 16.0 Å². The van der Waals surface area contributed by atoms with Gasteiger partial charge in [0, 0.05) is 38.1 Å². The first-order valence-electron chi connectivity index (χ1n) is 16.4. The minimum atomic E-state index is -1.04. The number of benzene rings is 1. The summed E-state index contributed by atoms with van der Waals surface area (Å²) in [6, 6.07) is 5.87. The molecule has 232 valence electrons. The first-order chi connectivity index (χ1) is 20.4. The fraction of sp³-hybridized carbons (Fsp3) is 0.735. The highest BCUT2D eigenvalue weighted by atomic mass is 16.5. The van der Waals surface area contributed by atoms with Gasteiger partial charge in [0.05, 0.1) is 6.42 Å². The van der Waals surface area contributed by atoms with Crippen LogP contribution in [0.2, 0.25) is 0 Å². The molecule has 8 heteroatoms. The monoisotopic (exact) mass is 580 g/mol.